The van der Waals surface area contributed by atoms with E-state index in [0.29, 0.717) is 5.92 Å². The van der Waals surface area contributed by atoms with E-state index in [2.05, 4.69) is 30.3 Å². The van der Waals surface area contributed by atoms with Crippen LogP contribution in [0.1, 0.15) is 18.4 Å². The van der Waals surface area contributed by atoms with Crippen molar-refractivity contribution in [2.45, 2.75) is 24.0 Å². The van der Waals surface area contributed by atoms with Crippen LogP contribution in [0.25, 0.3) is 0 Å². The Labute approximate surface area is 95.5 Å². The van der Waals surface area contributed by atoms with Gasteiger partial charge in [-0.1, -0.05) is 30.3 Å². The minimum Gasteiger partial charge on any atom is -0.197 e. The van der Waals surface area contributed by atoms with Crippen molar-refractivity contribution in [3.63, 3.8) is 0 Å². The number of hydrogen-bond donors (Lipinski definition) is 0. The Kier molecular flexibility index (Phi) is 3.02. The Bertz CT molecular complexity index is 360. The van der Waals surface area contributed by atoms with E-state index in [0.717, 1.165) is 19.3 Å². The van der Waals surface area contributed by atoms with Crippen LogP contribution in [-0.2, 0) is 6.42 Å². The summed E-state index contributed by atoms with van der Waals surface area (Å²) >= 11 is 1.71. The molecule has 0 unspecified atom stereocenters. The number of thioether (sulfide) groups is 1. The first-order valence-electron chi connectivity index (χ1n) is 5.28. The lowest BCUT2D eigenvalue weighted by Crippen LogP contribution is -2.40. The normalized spacial score (nSPS) is 29.2. The first-order chi connectivity index (χ1) is 7.28. The van der Waals surface area contributed by atoms with Crippen LogP contribution in [0.2, 0.25) is 0 Å². The molecule has 1 saturated carbocycles. The Balaban J connectivity index is 1.89. The summed E-state index contributed by atoms with van der Waals surface area (Å²) in [5.41, 5.74) is 1.40. The molecule has 0 amide bonds. The van der Waals surface area contributed by atoms with E-state index in [1.807, 2.05) is 12.3 Å². The second-order valence-corrected chi connectivity index (χ2v) is 5.46. The number of nitrogens with zero attached hydrogens (tertiary/aromatic N) is 1. The molecule has 15 heavy (non-hydrogen) atoms. The fourth-order valence-electron chi connectivity index (χ4n) is 2.27. The Morgan fingerprint density at radius 1 is 1.40 bits per heavy atom. The van der Waals surface area contributed by atoms with Gasteiger partial charge in [-0.2, -0.15) is 5.26 Å². The number of rotatable bonds is 3. The predicted molar refractivity (Wildman–Crippen MR) is 64.7 cm³/mol. The van der Waals surface area contributed by atoms with Crippen LogP contribution in [0, 0.1) is 17.2 Å². The van der Waals surface area contributed by atoms with Gasteiger partial charge in [0.2, 0.25) is 0 Å². The van der Waals surface area contributed by atoms with E-state index >= 15 is 0 Å². The van der Waals surface area contributed by atoms with Gasteiger partial charge in [-0.25, -0.2) is 0 Å². The van der Waals surface area contributed by atoms with E-state index in [9.17, 15) is 0 Å². The third-order valence-electron chi connectivity index (χ3n) is 3.20. The molecule has 0 atom stereocenters. The van der Waals surface area contributed by atoms with Gasteiger partial charge in [0.1, 0.15) is 4.75 Å². The van der Waals surface area contributed by atoms with Crippen molar-refractivity contribution in [1.82, 2.24) is 0 Å². The zero-order valence-corrected chi connectivity index (χ0v) is 9.76. The number of hydrogen-bond acceptors (Lipinski definition) is 2. The largest absolute Gasteiger partial charge is 0.197 e. The van der Waals surface area contributed by atoms with Crippen molar-refractivity contribution in [2.24, 2.45) is 5.92 Å². The lowest BCUT2D eigenvalue weighted by molar-refractivity contribution is 0.276. The summed E-state index contributed by atoms with van der Waals surface area (Å²) < 4.78 is -0.0700. The maximum absolute atomic E-state index is 9.05. The molecular weight excluding hydrogens is 202 g/mol. The van der Waals surface area contributed by atoms with Crippen molar-refractivity contribution < 1.29 is 0 Å². The fourth-order valence-corrected chi connectivity index (χ4v) is 3.16. The molecule has 1 aliphatic rings. The van der Waals surface area contributed by atoms with Crippen LogP contribution in [-0.4, -0.2) is 11.0 Å². The molecule has 1 nitrogen and oxygen atoms in total. The lowest BCUT2D eigenvalue weighted by Gasteiger charge is -2.41. The quantitative estimate of drug-likeness (QED) is 0.776. The molecule has 2 heteroatoms. The molecule has 0 heterocycles. The molecule has 1 aliphatic carbocycles. The van der Waals surface area contributed by atoms with Crippen LogP contribution in [0.4, 0.5) is 0 Å². The first-order valence-corrected chi connectivity index (χ1v) is 6.51. The summed E-state index contributed by atoms with van der Waals surface area (Å²) in [5, 5.41) is 9.05. The fraction of sp³-hybridized carbons (Fsp3) is 0.462. The van der Waals surface area contributed by atoms with Crippen molar-refractivity contribution in [1.29, 1.82) is 5.26 Å². The summed E-state index contributed by atoms with van der Waals surface area (Å²) in [4.78, 5) is 0. The molecule has 1 fully saturated rings. The lowest BCUT2D eigenvalue weighted by atomic mass is 9.72. The Morgan fingerprint density at radius 2 is 2.07 bits per heavy atom. The van der Waals surface area contributed by atoms with Gasteiger partial charge in [0.05, 0.1) is 6.07 Å². The van der Waals surface area contributed by atoms with Crippen molar-refractivity contribution >= 4 is 11.8 Å². The molecule has 1 aromatic carbocycles. The van der Waals surface area contributed by atoms with Gasteiger partial charge in [0.25, 0.3) is 0 Å². The van der Waals surface area contributed by atoms with Crippen molar-refractivity contribution in [3.05, 3.63) is 35.9 Å². The molecule has 0 bridgehead atoms. The number of benzene rings is 1. The van der Waals surface area contributed by atoms with E-state index in [1.54, 1.807) is 11.8 Å². The van der Waals surface area contributed by atoms with Gasteiger partial charge in [-0.15, -0.1) is 11.8 Å². The third-order valence-corrected chi connectivity index (χ3v) is 4.40. The van der Waals surface area contributed by atoms with Crippen LogP contribution in [0.5, 0.6) is 0 Å². The van der Waals surface area contributed by atoms with Gasteiger partial charge >= 0.3 is 0 Å². The van der Waals surface area contributed by atoms with Crippen molar-refractivity contribution in [2.75, 3.05) is 6.26 Å². The highest BCUT2D eigenvalue weighted by Crippen LogP contribution is 2.47. The van der Waals surface area contributed by atoms with Gasteiger partial charge in [-0.3, -0.25) is 0 Å². The topological polar surface area (TPSA) is 23.8 Å². The second-order valence-electron chi connectivity index (χ2n) is 4.27. The Hall–Kier alpha value is -0.940. The van der Waals surface area contributed by atoms with Gasteiger partial charge in [0, 0.05) is 0 Å². The van der Waals surface area contributed by atoms with Gasteiger partial charge in [0.15, 0.2) is 0 Å². The van der Waals surface area contributed by atoms with Crippen LogP contribution < -0.4 is 0 Å². The maximum Gasteiger partial charge on any atom is 0.103 e. The molecule has 0 radical (unpaired) electrons. The SMILES string of the molecule is CSC1(C#N)CC(Cc2ccccc2)C1. The highest BCUT2D eigenvalue weighted by molar-refractivity contribution is 8.00. The monoisotopic (exact) mass is 217 g/mol. The molecule has 0 N–H and O–H groups in total. The zero-order chi connectivity index (χ0) is 10.7. The van der Waals surface area contributed by atoms with Gasteiger partial charge in [-0.05, 0) is 37.0 Å². The average molecular weight is 217 g/mol. The summed E-state index contributed by atoms with van der Waals surface area (Å²) in [5.74, 6) is 0.708. The smallest absolute Gasteiger partial charge is 0.103 e. The highest BCUT2D eigenvalue weighted by Gasteiger charge is 2.43. The standard InChI is InChI=1S/C13H15NS/c1-15-13(10-14)8-12(9-13)7-11-5-3-2-4-6-11/h2-6,12H,7-9H2,1H3. The highest BCUT2D eigenvalue weighted by atomic mass is 32.2. The molecule has 1 aromatic rings. The van der Waals surface area contributed by atoms with Crippen LogP contribution >= 0.6 is 11.8 Å². The summed E-state index contributed by atoms with van der Waals surface area (Å²) in [6, 6.07) is 13.0. The third kappa shape index (κ3) is 2.18. The average Bonchev–Trinajstić information content (AvgIpc) is 2.24. The molecule has 0 aromatic heterocycles. The second kappa shape index (κ2) is 4.28. The van der Waals surface area contributed by atoms with E-state index < -0.39 is 0 Å². The molecule has 2 rings (SSSR count). The zero-order valence-electron chi connectivity index (χ0n) is 8.94. The van der Waals surface area contributed by atoms with E-state index in [4.69, 9.17) is 5.26 Å². The van der Waals surface area contributed by atoms with Crippen LogP contribution in [0.15, 0.2) is 30.3 Å². The molecule has 78 valence electrons. The molecule has 0 spiro atoms. The summed E-state index contributed by atoms with van der Waals surface area (Å²) in [6.07, 6.45) is 5.28. The molecule has 0 saturated heterocycles. The minimum atomic E-state index is -0.0700. The number of nitriles is 1. The minimum absolute atomic E-state index is 0.0700. The van der Waals surface area contributed by atoms with Gasteiger partial charge < -0.3 is 0 Å². The first kappa shape index (κ1) is 10.6. The summed E-state index contributed by atoms with van der Waals surface area (Å²) in [7, 11) is 0. The predicted octanol–water partition coefficient (Wildman–Crippen LogP) is 3.26. The van der Waals surface area contributed by atoms with Crippen LogP contribution in [0.3, 0.4) is 0 Å². The molecule has 0 aliphatic heterocycles. The van der Waals surface area contributed by atoms with E-state index in [1.165, 1.54) is 5.56 Å². The summed E-state index contributed by atoms with van der Waals surface area (Å²) in [6.45, 7) is 0. The van der Waals surface area contributed by atoms with E-state index in [-0.39, 0.29) is 4.75 Å². The maximum atomic E-state index is 9.05. The van der Waals surface area contributed by atoms with Crippen molar-refractivity contribution in [3.8, 4) is 6.07 Å². The Morgan fingerprint density at radius 3 is 2.60 bits per heavy atom. The molecular formula is C13H15NS.